The molecule has 0 radical (unpaired) electrons. The molecule has 0 aromatic rings. The largest absolute Gasteiger partial charge is 0.540 e. The zero-order valence-corrected chi connectivity index (χ0v) is 5.68. The zero-order chi connectivity index (χ0) is 7.11. The number of nitrogens with one attached hydrogen (secondary N) is 1. The summed E-state index contributed by atoms with van der Waals surface area (Å²) < 4.78 is 0. The van der Waals surface area contributed by atoms with Gasteiger partial charge in [-0.25, -0.2) is 6.29 Å². The molecule has 54 valence electrons. The molecule has 0 saturated heterocycles. The fourth-order valence-electron chi connectivity index (χ4n) is 0.584. The van der Waals surface area contributed by atoms with E-state index < -0.39 is 0 Å². The van der Waals surface area contributed by atoms with E-state index in [2.05, 4.69) is 5.32 Å². The van der Waals surface area contributed by atoms with E-state index in [0.717, 1.165) is 12.8 Å². The maximum absolute atomic E-state index is 10.0. The second-order valence-corrected chi connectivity index (χ2v) is 1.89. The van der Waals surface area contributed by atoms with Crippen molar-refractivity contribution in [1.82, 2.24) is 5.32 Å². The number of hydrogen-bond donors (Lipinski definition) is 2. The van der Waals surface area contributed by atoms with Gasteiger partial charge in [0.05, 0.1) is 0 Å². The Morgan fingerprint density at radius 3 is 2.78 bits per heavy atom. The van der Waals surface area contributed by atoms with Crippen LogP contribution in [0, 0.1) is 0 Å². The molecule has 1 atom stereocenters. The van der Waals surface area contributed by atoms with Crippen LogP contribution >= 0.6 is 0 Å². The van der Waals surface area contributed by atoms with E-state index in [4.69, 9.17) is 5.73 Å². The van der Waals surface area contributed by atoms with Crippen LogP contribution in [-0.2, 0) is 4.79 Å². The highest BCUT2D eigenvalue weighted by molar-refractivity contribution is 5.58. The lowest BCUT2D eigenvalue weighted by Gasteiger charge is -2.16. The fraction of sp³-hybridized carbons (Fsp3) is 0.833. The van der Waals surface area contributed by atoms with Gasteiger partial charge in [-0.1, -0.05) is 12.5 Å². The maximum Gasteiger partial charge on any atom is -0.00776 e. The SMILES string of the molecule is CNC([C-]=O)CCCN. The van der Waals surface area contributed by atoms with Crippen LogP contribution in [0.1, 0.15) is 12.8 Å². The van der Waals surface area contributed by atoms with Crippen molar-refractivity contribution in [2.45, 2.75) is 18.9 Å². The number of carbonyl (C=O) groups excluding carboxylic acids is 1. The van der Waals surface area contributed by atoms with Gasteiger partial charge in [-0.05, 0) is 20.0 Å². The van der Waals surface area contributed by atoms with Crippen LogP contribution in [0.15, 0.2) is 0 Å². The molecule has 3 nitrogen and oxygen atoms in total. The van der Waals surface area contributed by atoms with Gasteiger partial charge in [-0.15, -0.1) is 0 Å². The van der Waals surface area contributed by atoms with Gasteiger partial charge in [0.25, 0.3) is 0 Å². The topological polar surface area (TPSA) is 55.1 Å². The first-order valence-electron chi connectivity index (χ1n) is 3.10. The van der Waals surface area contributed by atoms with Crippen LogP contribution in [0.2, 0.25) is 0 Å². The number of rotatable bonds is 5. The number of hydrogen-bond acceptors (Lipinski definition) is 3. The first kappa shape index (κ1) is 8.59. The number of likely N-dealkylation sites (N-methyl/N-ethyl adjacent to an activating group) is 1. The van der Waals surface area contributed by atoms with Gasteiger partial charge in [-0.2, -0.15) is 0 Å². The Morgan fingerprint density at radius 1 is 1.78 bits per heavy atom. The lowest BCUT2D eigenvalue weighted by atomic mass is 10.2. The summed E-state index contributed by atoms with van der Waals surface area (Å²) in [6.07, 6.45) is 3.53. The lowest BCUT2D eigenvalue weighted by molar-refractivity contribution is 0.512. The predicted octanol–water partition coefficient (Wildman–Crippen LogP) is -0.577. The molecule has 0 spiro atoms. The average molecular weight is 129 g/mol. The molecule has 3 N–H and O–H groups in total. The molecule has 0 heterocycles. The zero-order valence-electron chi connectivity index (χ0n) is 5.68. The van der Waals surface area contributed by atoms with Gasteiger partial charge in [0.1, 0.15) is 0 Å². The van der Waals surface area contributed by atoms with E-state index in [0.29, 0.717) is 6.54 Å². The van der Waals surface area contributed by atoms with Gasteiger partial charge >= 0.3 is 0 Å². The minimum absolute atomic E-state index is 0.131. The number of nitrogens with two attached hydrogens (primary N) is 1. The summed E-state index contributed by atoms with van der Waals surface area (Å²) in [7, 11) is 1.74. The monoisotopic (exact) mass is 129 g/mol. The highest BCUT2D eigenvalue weighted by atomic mass is 16.1. The van der Waals surface area contributed by atoms with Gasteiger partial charge < -0.3 is 15.8 Å². The summed E-state index contributed by atoms with van der Waals surface area (Å²) in [5.74, 6) is 0. The predicted molar refractivity (Wildman–Crippen MR) is 36.8 cm³/mol. The van der Waals surface area contributed by atoms with Crippen molar-refractivity contribution in [2.24, 2.45) is 5.73 Å². The normalized spacial score (nSPS) is 13.1. The minimum Gasteiger partial charge on any atom is -0.540 e. The van der Waals surface area contributed by atoms with Gasteiger partial charge in [-0.3, -0.25) is 0 Å². The molecule has 0 aliphatic heterocycles. The van der Waals surface area contributed by atoms with Crippen molar-refractivity contribution >= 4 is 6.29 Å². The Kier molecular flexibility index (Phi) is 5.46. The Hall–Kier alpha value is -0.410. The summed E-state index contributed by atoms with van der Waals surface area (Å²) in [6, 6.07) is -0.131. The molecule has 3 heteroatoms. The van der Waals surface area contributed by atoms with E-state index >= 15 is 0 Å². The highest BCUT2D eigenvalue weighted by Crippen LogP contribution is 1.90. The first-order chi connectivity index (χ1) is 4.35. The third kappa shape index (κ3) is 4.12. The van der Waals surface area contributed by atoms with E-state index in [1.54, 1.807) is 7.05 Å². The Labute approximate surface area is 55.6 Å². The quantitative estimate of drug-likeness (QED) is 0.488. The second-order valence-electron chi connectivity index (χ2n) is 1.89. The third-order valence-electron chi connectivity index (χ3n) is 1.19. The van der Waals surface area contributed by atoms with Crippen LogP contribution in [0.5, 0.6) is 0 Å². The van der Waals surface area contributed by atoms with Gasteiger partial charge in [0.2, 0.25) is 0 Å². The van der Waals surface area contributed by atoms with Crippen molar-refractivity contribution in [3.63, 3.8) is 0 Å². The molecule has 9 heavy (non-hydrogen) atoms. The summed E-state index contributed by atoms with van der Waals surface area (Å²) in [5.41, 5.74) is 5.23. The molecule has 0 rings (SSSR count). The standard InChI is InChI=1S/C6H13N2O/c1-8-6(5-9)3-2-4-7/h6,8H,2-4,7H2,1H3/q-1. The van der Waals surface area contributed by atoms with Crippen LogP contribution in [0.3, 0.4) is 0 Å². The van der Waals surface area contributed by atoms with E-state index in [-0.39, 0.29) is 6.04 Å². The second kappa shape index (κ2) is 5.72. The van der Waals surface area contributed by atoms with Crippen molar-refractivity contribution < 1.29 is 4.79 Å². The van der Waals surface area contributed by atoms with Gasteiger partial charge in [0, 0.05) is 0 Å². The van der Waals surface area contributed by atoms with E-state index in [9.17, 15) is 4.79 Å². The lowest BCUT2D eigenvalue weighted by Crippen LogP contribution is -2.27. The Morgan fingerprint density at radius 2 is 2.44 bits per heavy atom. The van der Waals surface area contributed by atoms with Crippen LogP contribution in [-0.4, -0.2) is 25.9 Å². The smallest absolute Gasteiger partial charge is 0.00776 e. The van der Waals surface area contributed by atoms with E-state index in [1.165, 1.54) is 0 Å². The molecule has 0 aliphatic carbocycles. The molecule has 0 saturated carbocycles. The van der Waals surface area contributed by atoms with Gasteiger partial charge in [0.15, 0.2) is 0 Å². The molecule has 0 bridgehead atoms. The molecular weight excluding hydrogens is 116 g/mol. The molecule has 0 amide bonds. The fourth-order valence-corrected chi connectivity index (χ4v) is 0.584. The molecule has 1 unspecified atom stereocenters. The summed E-state index contributed by atoms with van der Waals surface area (Å²) in [5, 5.41) is 2.81. The van der Waals surface area contributed by atoms with Crippen LogP contribution in [0.25, 0.3) is 0 Å². The maximum atomic E-state index is 10.0. The summed E-state index contributed by atoms with van der Waals surface area (Å²) >= 11 is 0. The highest BCUT2D eigenvalue weighted by Gasteiger charge is 1.89. The van der Waals surface area contributed by atoms with Crippen molar-refractivity contribution in [3.8, 4) is 0 Å². The molecule has 0 aromatic carbocycles. The Balaban J connectivity index is 3.20. The molecule has 0 fully saturated rings. The third-order valence-corrected chi connectivity index (χ3v) is 1.19. The Bertz CT molecular complexity index is 75.5. The minimum atomic E-state index is -0.131. The van der Waals surface area contributed by atoms with Crippen molar-refractivity contribution in [2.75, 3.05) is 13.6 Å². The van der Waals surface area contributed by atoms with Crippen LogP contribution in [0.4, 0.5) is 0 Å². The first-order valence-corrected chi connectivity index (χ1v) is 3.10. The summed E-state index contributed by atoms with van der Waals surface area (Å²) in [6.45, 7) is 0.639. The van der Waals surface area contributed by atoms with Crippen molar-refractivity contribution in [1.29, 1.82) is 0 Å². The van der Waals surface area contributed by atoms with E-state index in [1.807, 2.05) is 6.29 Å². The summed E-state index contributed by atoms with van der Waals surface area (Å²) in [4.78, 5) is 10.0. The molecular formula is C6H13N2O-. The molecule has 0 aromatic heterocycles. The van der Waals surface area contributed by atoms with Crippen LogP contribution < -0.4 is 11.1 Å². The van der Waals surface area contributed by atoms with Crippen molar-refractivity contribution in [3.05, 3.63) is 0 Å². The average Bonchev–Trinajstić information content (AvgIpc) is 1.91. The molecule has 0 aliphatic rings.